The van der Waals surface area contributed by atoms with Gasteiger partial charge in [-0.15, -0.1) is 0 Å². The summed E-state index contributed by atoms with van der Waals surface area (Å²) in [6, 6.07) is 0. The van der Waals surface area contributed by atoms with Crippen molar-refractivity contribution in [3.63, 3.8) is 0 Å². The van der Waals surface area contributed by atoms with Crippen molar-refractivity contribution in [2.75, 3.05) is 45.9 Å². The van der Waals surface area contributed by atoms with Crippen molar-refractivity contribution in [1.82, 2.24) is 9.80 Å². The molecule has 2 N–H and O–H groups in total. The van der Waals surface area contributed by atoms with Crippen LogP contribution in [0.15, 0.2) is 0 Å². The van der Waals surface area contributed by atoms with Crippen LogP contribution in [0.3, 0.4) is 0 Å². The van der Waals surface area contributed by atoms with Gasteiger partial charge in [0.1, 0.15) is 5.78 Å². The number of aliphatic hydroxyl groups excluding tert-OH is 2. The van der Waals surface area contributed by atoms with Gasteiger partial charge in [-0.2, -0.15) is 0 Å². The number of ketones is 1. The summed E-state index contributed by atoms with van der Waals surface area (Å²) in [6.07, 6.45) is 0.938. The largest absolute Gasteiger partial charge is 0.394 e. The first-order valence-electron chi connectivity index (χ1n) is 6.41. The molecule has 0 bridgehead atoms. The first kappa shape index (κ1) is 14.6. The number of β-amino-alcohol motifs (C(OH)–C–C–N with tert-alkyl or cyclic N) is 1. The molecule has 0 spiro atoms. The van der Waals surface area contributed by atoms with Crippen molar-refractivity contribution >= 4 is 5.78 Å². The predicted molar refractivity (Wildman–Crippen MR) is 65.9 cm³/mol. The smallest absolute Gasteiger partial charge is 0.146 e. The topological polar surface area (TPSA) is 64.0 Å². The zero-order chi connectivity index (χ0) is 12.7. The molecule has 1 saturated heterocycles. The Balaban J connectivity index is 2.19. The molecule has 0 aromatic carbocycles. The Morgan fingerprint density at radius 3 is 2.35 bits per heavy atom. The number of carbonyl (C=O) groups is 1. The van der Waals surface area contributed by atoms with Crippen molar-refractivity contribution in [2.24, 2.45) is 0 Å². The van der Waals surface area contributed by atoms with Gasteiger partial charge < -0.3 is 10.2 Å². The molecule has 1 aliphatic rings. The highest BCUT2D eigenvalue weighted by molar-refractivity contribution is 5.80. The molecule has 5 heteroatoms. The van der Waals surface area contributed by atoms with E-state index in [4.69, 9.17) is 5.11 Å². The molecule has 0 radical (unpaired) electrons. The second-order valence-electron chi connectivity index (χ2n) is 4.70. The van der Waals surface area contributed by atoms with Gasteiger partial charge in [0.05, 0.1) is 19.3 Å². The first-order chi connectivity index (χ1) is 8.15. The van der Waals surface area contributed by atoms with Crippen molar-refractivity contribution < 1.29 is 15.0 Å². The third-order valence-electron chi connectivity index (χ3n) is 3.07. The summed E-state index contributed by atoms with van der Waals surface area (Å²) in [5.41, 5.74) is 0. The van der Waals surface area contributed by atoms with E-state index in [0.717, 1.165) is 32.6 Å². The van der Waals surface area contributed by atoms with Crippen LogP contribution >= 0.6 is 0 Å². The molecule has 1 aliphatic heterocycles. The SMILES string of the molecule is CCCC(=O)CN1CCN(CC(O)CO)CC1. The van der Waals surface area contributed by atoms with E-state index in [-0.39, 0.29) is 6.61 Å². The Labute approximate surface area is 103 Å². The molecule has 0 amide bonds. The maximum absolute atomic E-state index is 11.5. The lowest BCUT2D eigenvalue weighted by atomic mass is 10.2. The standard InChI is InChI=1S/C12H24N2O3/c1-2-3-11(16)8-13-4-6-14(7-5-13)9-12(17)10-15/h12,15,17H,2-10H2,1H3. The highest BCUT2D eigenvalue weighted by Crippen LogP contribution is 2.03. The average Bonchev–Trinajstić information content (AvgIpc) is 2.32. The number of hydrogen-bond acceptors (Lipinski definition) is 5. The van der Waals surface area contributed by atoms with E-state index in [1.807, 2.05) is 6.92 Å². The fourth-order valence-electron chi connectivity index (χ4n) is 2.09. The van der Waals surface area contributed by atoms with Crippen molar-refractivity contribution in [3.05, 3.63) is 0 Å². The quantitative estimate of drug-likeness (QED) is 0.622. The minimum absolute atomic E-state index is 0.185. The molecule has 1 fully saturated rings. The summed E-state index contributed by atoms with van der Waals surface area (Å²) in [4.78, 5) is 15.8. The number of carbonyl (C=O) groups excluding carboxylic acids is 1. The molecule has 0 aromatic heterocycles. The molecule has 1 heterocycles. The molecule has 1 atom stereocenters. The number of nitrogens with zero attached hydrogens (tertiary/aromatic N) is 2. The maximum atomic E-state index is 11.5. The molecule has 0 saturated carbocycles. The molecule has 100 valence electrons. The van der Waals surface area contributed by atoms with Crippen LogP contribution < -0.4 is 0 Å². The number of Topliss-reactive ketones (excluding diaryl/α,β-unsaturated/α-hetero) is 1. The van der Waals surface area contributed by atoms with Crippen LogP contribution in [0.4, 0.5) is 0 Å². The Kier molecular flexibility index (Phi) is 6.65. The van der Waals surface area contributed by atoms with Gasteiger partial charge in [0.2, 0.25) is 0 Å². The minimum atomic E-state index is -0.650. The van der Waals surface area contributed by atoms with Crippen LogP contribution in [-0.2, 0) is 4.79 Å². The number of aliphatic hydroxyl groups is 2. The van der Waals surface area contributed by atoms with Crippen molar-refractivity contribution in [3.8, 4) is 0 Å². The third kappa shape index (κ3) is 5.59. The fourth-order valence-corrected chi connectivity index (χ4v) is 2.09. The van der Waals surface area contributed by atoms with Crippen molar-refractivity contribution in [2.45, 2.75) is 25.9 Å². The van der Waals surface area contributed by atoms with Crippen LogP contribution in [0.25, 0.3) is 0 Å². The Hall–Kier alpha value is -0.490. The first-order valence-corrected chi connectivity index (χ1v) is 6.41. The Bertz CT molecular complexity index is 228. The normalized spacial score (nSPS) is 20.4. The number of piperazine rings is 1. The van der Waals surface area contributed by atoms with Gasteiger partial charge in [0.25, 0.3) is 0 Å². The predicted octanol–water partition coefficient (Wildman–Crippen LogP) is -0.674. The monoisotopic (exact) mass is 244 g/mol. The zero-order valence-corrected chi connectivity index (χ0v) is 10.6. The Morgan fingerprint density at radius 1 is 1.24 bits per heavy atom. The number of hydrogen-bond donors (Lipinski definition) is 2. The van der Waals surface area contributed by atoms with E-state index in [0.29, 0.717) is 25.3 Å². The highest BCUT2D eigenvalue weighted by atomic mass is 16.3. The van der Waals surface area contributed by atoms with Crippen LogP contribution in [0.2, 0.25) is 0 Å². The lowest BCUT2D eigenvalue weighted by molar-refractivity contribution is -0.120. The summed E-state index contributed by atoms with van der Waals surface area (Å²) in [6.45, 7) is 6.37. The number of rotatable bonds is 7. The molecule has 0 aliphatic carbocycles. The van der Waals surface area contributed by atoms with E-state index >= 15 is 0 Å². The van der Waals surface area contributed by atoms with Crippen LogP contribution in [0.1, 0.15) is 19.8 Å². The molecule has 5 nitrogen and oxygen atoms in total. The van der Waals surface area contributed by atoms with E-state index < -0.39 is 6.10 Å². The van der Waals surface area contributed by atoms with E-state index in [1.165, 1.54) is 0 Å². The molecule has 0 aromatic rings. The summed E-state index contributed by atoms with van der Waals surface area (Å²) in [5, 5.41) is 18.1. The average molecular weight is 244 g/mol. The summed E-state index contributed by atoms with van der Waals surface area (Å²) in [5.74, 6) is 0.316. The van der Waals surface area contributed by atoms with Crippen molar-refractivity contribution in [1.29, 1.82) is 0 Å². The van der Waals surface area contributed by atoms with E-state index in [1.54, 1.807) is 0 Å². The van der Waals surface area contributed by atoms with E-state index in [9.17, 15) is 9.90 Å². The van der Waals surface area contributed by atoms with Gasteiger partial charge in [-0.1, -0.05) is 6.92 Å². The molecular formula is C12H24N2O3. The van der Waals surface area contributed by atoms with Gasteiger partial charge in [-0.3, -0.25) is 14.6 Å². The van der Waals surface area contributed by atoms with Crippen LogP contribution in [0, 0.1) is 0 Å². The Morgan fingerprint density at radius 2 is 1.82 bits per heavy atom. The summed E-state index contributed by atoms with van der Waals surface area (Å²) in [7, 11) is 0. The van der Waals surface area contributed by atoms with Crippen LogP contribution in [-0.4, -0.2) is 77.8 Å². The van der Waals surface area contributed by atoms with E-state index in [2.05, 4.69) is 9.80 Å². The fraction of sp³-hybridized carbons (Fsp3) is 0.917. The zero-order valence-electron chi connectivity index (χ0n) is 10.6. The summed E-state index contributed by atoms with van der Waals surface area (Å²) < 4.78 is 0. The molecule has 17 heavy (non-hydrogen) atoms. The molecule has 1 rings (SSSR count). The second-order valence-corrected chi connectivity index (χ2v) is 4.70. The maximum Gasteiger partial charge on any atom is 0.146 e. The van der Waals surface area contributed by atoms with Gasteiger partial charge >= 0.3 is 0 Å². The van der Waals surface area contributed by atoms with Crippen LogP contribution in [0.5, 0.6) is 0 Å². The second kappa shape index (κ2) is 7.76. The lowest BCUT2D eigenvalue weighted by Crippen LogP contribution is -2.50. The lowest BCUT2D eigenvalue weighted by Gasteiger charge is -2.35. The van der Waals surface area contributed by atoms with Gasteiger partial charge in [0.15, 0.2) is 0 Å². The highest BCUT2D eigenvalue weighted by Gasteiger charge is 2.19. The minimum Gasteiger partial charge on any atom is -0.394 e. The van der Waals surface area contributed by atoms with Gasteiger partial charge in [-0.25, -0.2) is 0 Å². The molecule has 1 unspecified atom stereocenters. The van der Waals surface area contributed by atoms with Gasteiger partial charge in [0, 0.05) is 39.1 Å². The molecular weight excluding hydrogens is 220 g/mol. The summed E-state index contributed by atoms with van der Waals surface area (Å²) >= 11 is 0. The third-order valence-corrected chi connectivity index (χ3v) is 3.07. The van der Waals surface area contributed by atoms with Gasteiger partial charge in [-0.05, 0) is 6.42 Å².